The van der Waals surface area contributed by atoms with Gasteiger partial charge in [0.25, 0.3) is 11.7 Å². The summed E-state index contributed by atoms with van der Waals surface area (Å²) in [5.74, 6) is -1.35. The van der Waals surface area contributed by atoms with E-state index in [-0.39, 0.29) is 39.1 Å². The van der Waals surface area contributed by atoms with E-state index in [1.54, 1.807) is 31.2 Å². The van der Waals surface area contributed by atoms with Crippen molar-refractivity contribution in [2.45, 2.75) is 13.0 Å². The first-order chi connectivity index (χ1) is 15.8. The molecule has 1 amide bonds. The molecule has 1 aliphatic rings. The smallest absolute Gasteiger partial charge is 0.300 e. The third-order valence-electron chi connectivity index (χ3n) is 5.35. The molecule has 9 heteroatoms. The van der Waals surface area contributed by atoms with Crippen LogP contribution in [0.15, 0.2) is 58.5 Å². The van der Waals surface area contributed by atoms with Gasteiger partial charge >= 0.3 is 0 Å². The molecule has 1 atom stereocenters. The summed E-state index contributed by atoms with van der Waals surface area (Å²) in [4.78, 5) is 27.4. The molecule has 2 aromatic carbocycles. The second-order valence-corrected chi connectivity index (χ2v) is 7.70. The summed E-state index contributed by atoms with van der Waals surface area (Å²) in [6.07, 6.45) is 0. The van der Waals surface area contributed by atoms with Gasteiger partial charge in [0.2, 0.25) is 0 Å². The van der Waals surface area contributed by atoms with E-state index in [1.165, 1.54) is 38.5 Å². The molecular weight excluding hydrogens is 450 g/mol. The van der Waals surface area contributed by atoms with Gasteiger partial charge in [-0.05, 0) is 37.3 Å². The number of halogens is 1. The second-order valence-electron chi connectivity index (χ2n) is 7.29. The minimum absolute atomic E-state index is 0.0897. The number of aryl methyl sites for hydroxylation is 1. The first-order valence-electron chi connectivity index (χ1n) is 9.85. The Kier molecular flexibility index (Phi) is 5.78. The van der Waals surface area contributed by atoms with E-state index in [1.807, 2.05) is 0 Å². The summed E-state index contributed by atoms with van der Waals surface area (Å²) < 4.78 is 16.3. The number of furan rings is 1. The van der Waals surface area contributed by atoms with Crippen molar-refractivity contribution in [1.82, 2.24) is 0 Å². The number of aliphatic hydroxyl groups excluding tert-OH is 1. The molecule has 1 fully saturated rings. The molecule has 2 heterocycles. The van der Waals surface area contributed by atoms with Gasteiger partial charge in [0.1, 0.15) is 40.6 Å². The number of Topliss-reactive ketones (excluding diaryl/α,β-unsaturated/α-hetero) is 1. The quantitative estimate of drug-likeness (QED) is 0.319. The molecule has 0 aliphatic carbocycles. The average Bonchev–Trinajstić information content (AvgIpc) is 3.34. The van der Waals surface area contributed by atoms with E-state index in [0.29, 0.717) is 11.5 Å². The lowest BCUT2D eigenvalue weighted by molar-refractivity contribution is -0.132. The number of ether oxygens (including phenoxy) is 2. The lowest BCUT2D eigenvalue weighted by Crippen LogP contribution is -2.29. The van der Waals surface area contributed by atoms with Crippen LogP contribution in [0, 0.1) is 6.92 Å². The molecule has 1 saturated heterocycles. The van der Waals surface area contributed by atoms with Crippen molar-refractivity contribution in [1.29, 1.82) is 0 Å². The minimum atomic E-state index is -1.14. The summed E-state index contributed by atoms with van der Waals surface area (Å²) in [6, 6.07) is 11.1. The molecule has 3 aromatic rings. The number of phenols is 1. The molecule has 0 bridgehead atoms. The zero-order valence-corrected chi connectivity index (χ0v) is 18.7. The Bertz CT molecular complexity index is 1290. The minimum Gasteiger partial charge on any atom is -0.507 e. The van der Waals surface area contributed by atoms with Gasteiger partial charge in [0.15, 0.2) is 0 Å². The van der Waals surface area contributed by atoms with Crippen LogP contribution < -0.4 is 14.4 Å². The van der Waals surface area contributed by atoms with Gasteiger partial charge in [0, 0.05) is 6.07 Å². The predicted molar refractivity (Wildman–Crippen MR) is 121 cm³/mol. The normalized spacial score (nSPS) is 17.5. The highest BCUT2D eigenvalue weighted by molar-refractivity contribution is 6.52. The molecule has 0 radical (unpaired) electrons. The number of hydrogen-bond acceptors (Lipinski definition) is 7. The SMILES string of the molecule is COc1cc(OC)c(/C(O)=C2\C(=O)C(=O)N(c3ccccc3O)C2c2ccc(C)o2)cc1Cl. The molecule has 0 spiro atoms. The van der Waals surface area contributed by atoms with E-state index >= 15 is 0 Å². The van der Waals surface area contributed by atoms with Crippen LogP contribution in [0.3, 0.4) is 0 Å². The number of anilines is 1. The topological polar surface area (TPSA) is 109 Å². The summed E-state index contributed by atoms with van der Waals surface area (Å²) in [5.41, 5.74) is -0.0542. The highest BCUT2D eigenvalue weighted by atomic mass is 35.5. The van der Waals surface area contributed by atoms with Crippen LogP contribution >= 0.6 is 11.6 Å². The largest absolute Gasteiger partial charge is 0.507 e. The van der Waals surface area contributed by atoms with Gasteiger partial charge in [-0.1, -0.05) is 23.7 Å². The molecular formula is C24H20ClNO7. The Morgan fingerprint density at radius 3 is 2.36 bits per heavy atom. The number of methoxy groups -OCH3 is 2. The van der Waals surface area contributed by atoms with Crippen LogP contribution in [-0.4, -0.2) is 36.1 Å². The Balaban J connectivity index is 1.99. The summed E-state index contributed by atoms with van der Waals surface area (Å²) >= 11 is 6.25. The van der Waals surface area contributed by atoms with Gasteiger partial charge in [-0.15, -0.1) is 0 Å². The number of carbonyl (C=O) groups excluding carboxylic acids is 2. The first kappa shape index (κ1) is 22.3. The number of benzene rings is 2. The third-order valence-corrected chi connectivity index (χ3v) is 5.64. The average molecular weight is 470 g/mol. The molecule has 0 saturated carbocycles. The molecule has 1 aromatic heterocycles. The maximum atomic E-state index is 13.2. The predicted octanol–water partition coefficient (Wildman–Crippen LogP) is 4.59. The number of nitrogens with zero attached hydrogens (tertiary/aromatic N) is 1. The number of carbonyl (C=O) groups is 2. The van der Waals surface area contributed by atoms with Crippen LogP contribution in [0.5, 0.6) is 17.2 Å². The Morgan fingerprint density at radius 1 is 1.06 bits per heavy atom. The molecule has 33 heavy (non-hydrogen) atoms. The van der Waals surface area contributed by atoms with Crippen molar-refractivity contribution in [2.24, 2.45) is 0 Å². The summed E-state index contributed by atoms with van der Waals surface area (Å²) in [5, 5.41) is 21.8. The van der Waals surface area contributed by atoms with E-state index < -0.39 is 23.5 Å². The van der Waals surface area contributed by atoms with Crippen molar-refractivity contribution in [3.05, 3.63) is 76.2 Å². The van der Waals surface area contributed by atoms with E-state index in [2.05, 4.69) is 0 Å². The Morgan fingerprint density at radius 2 is 1.76 bits per heavy atom. The number of para-hydroxylation sites is 2. The van der Waals surface area contributed by atoms with Crippen LogP contribution in [0.25, 0.3) is 5.76 Å². The molecule has 1 aliphatic heterocycles. The molecule has 2 N–H and O–H groups in total. The van der Waals surface area contributed by atoms with Crippen molar-refractivity contribution >= 4 is 34.7 Å². The Hall–Kier alpha value is -3.91. The second kappa shape index (κ2) is 8.55. The van der Waals surface area contributed by atoms with Gasteiger partial charge in [-0.25, -0.2) is 0 Å². The molecule has 8 nitrogen and oxygen atoms in total. The maximum absolute atomic E-state index is 13.2. The fourth-order valence-electron chi connectivity index (χ4n) is 3.81. The highest BCUT2D eigenvalue weighted by Gasteiger charge is 2.49. The first-order valence-corrected chi connectivity index (χ1v) is 10.2. The molecule has 170 valence electrons. The number of amides is 1. The lowest BCUT2D eigenvalue weighted by atomic mass is 9.98. The van der Waals surface area contributed by atoms with E-state index in [4.69, 9.17) is 25.5 Å². The fourth-order valence-corrected chi connectivity index (χ4v) is 4.05. The van der Waals surface area contributed by atoms with E-state index in [0.717, 1.165) is 4.90 Å². The zero-order valence-electron chi connectivity index (χ0n) is 18.0. The van der Waals surface area contributed by atoms with Gasteiger partial charge in [-0.3, -0.25) is 14.5 Å². The maximum Gasteiger partial charge on any atom is 0.300 e. The van der Waals surface area contributed by atoms with Crippen molar-refractivity contribution in [3.63, 3.8) is 0 Å². The summed E-state index contributed by atoms with van der Waals surface area (Å²) in [6.45, 7) is 1.71. The zero-order chi connectivity index (χ0) is 23.9. The van der Waals surface area contributed by atoms with Gasteiger partial charge in [0.05, 0.1) is 36.1 Å². The number of phenolic OH excluding ortho intramolecular Hbond substituents is 1. The van der Waals surface area contributed by atoms with E-state index in [9.17, 15) is 19.8 Å². The van der Waals surface area contributed by atoms with Gasteiger partial charge in [-0.2, -0.15) is 0 Å². The number of hydrogen-bond donors (Lipinski definition) is 2. The fraction of sp³-hybridized carbons (Fsp3) is 0.167. The van der Waals surface area contributed by atoms with Crippen LogP contribution in [-0.2, 0) is 9.59 Å². The number of rotatable bonds is 5. The van der Waals surface area contributed by atoms with Gasteiger partial charge < -0.3 is 24.1 Å². The summed E-state index contributed by atoms with van der Waals surface area (Å²) in [7, 11) is 2.81. The standard InChI is InChI=1S/C24H20ClNO7/c1-12-8-9-17(33-12)21-20(22(28)13-10-14(25)19(32-3)11-18(13)31-2)23(29)24(30)26(21)15-6-4-5-7-16(15)27/h4-11,21,27-28H,1-3H3/b22-20+. The molecule has 1 unspecified atom stereocenters. The third kappa shape index (κ3) is 3.68. The Labute approximate surface area is 194 Å². The number of aromatic hydroxyl groups is 1. The van der Waals surface area contributed by atoms with Crippen LogP contribution in [0.4, 0.5) is 5.69 Å². The van der Waals surface area contributed by atoms with Crippen molar-refractivity contribution in [3.8, 4) is 17.2 Å². The lowest BCUT2D eigenvalue weighted by Gasteiger charge is -2.24. The van der Waals surface area contributed by atoms with Crippen molar-refractivity contribution in [2.75, 3.05) is 19.1 Å². The van der Waals surface area contributed by atoms with Crippen molar-refractivity contribution < 1.29 is 33.7 Å². The number of aliphatic hydroxyl groups is 1. The molecule has 4 rings (SSSR count). The van der Waals surface area contributed by atoms with Crippen LogP contribution in [0.2, 0.25) is 5.02 Å². The number of ketones is 1. The van der Waals surface area contributed by atoms with Crippen LogP contribution in [0.1, 0.15) is 23.1 Å². The highest BCUT2D eigenvalue weighted by Crippen LogP contribution is 2.46. The monoisotopic (exact) mass is 469 g/mol.